The molecule has 0 aromatic heterocycles. The zero-order valence-electron chi connectivity index (χ0n) is 8.76. The average Bonchev–Trinajstić information content (AvgIpc) is 2.68. The lowest BCUT2D eigenvalue weighted by Crippen LogP contribution is -2.07. The minimum Gasteiger partial charge on any atom is -0.332 e. The van der Waals surface area contributed by atoms with Crippen molar-refractivity contribution in [1.82, 2.24) is 0 Å². The monoisotopic (exact) mass is 229 g/mol. The predicted octanol–water partition coefficient (Wildman–Crippen LogP) is 3.22. The maximum atomic E-state index is 12.8. The Balaban J connectivity index is 2.04. The van der Waals surface area contributed by atoms with E-state index in [-0.39, 0.29) is 0 Å². The van der Waals surface area contributed by atoms with Crippen molar-refractivity contribution in [2.75, 3.05) is 5.09 Å². The molecule has 2 aromatic carbocycles. The van der Waals surface area contributed by atoms with E-state index in [1.54, 1.807) is 0 Å². The van der Waals surface area contributed by atoms with Crippen molar-refractivity contribution >= 4 is 18.3 Å². The van der Waals surface area contributed by atoms with Crippen LogP contribution in [-0.4, -0.2) is 0 Å². The van der Waals surface area contributed by atoms with Gasteiger partial charge in [-0.1, -0.05) is 36.4 Å². The van der Waals surface area contributed by atoms with E-state index in [2.05, 4.69) is 5.09 Å². The van der Waals surface area contributed by atoms with E-state index in [0.717, 1.165) is 16.6 Å². The summed E-state index contributed by atoms with van der Waals surface area (Å²) in [5.41, 5.74) is 2.16. The molecule has 0 saturated heterocycles. The summed E-state index contributed by atoms with van der Waals surface area (Å²) in [6.07, 6.45) is 0.618. The van der Waals surface area contributed by atoms with Crippen molar-refractivity contribution in [3.05, 3.63) is 60.2 Å². The number of hydrogen-bond acceptors (Lipinski definition) is 1. The quantitative estimate of drug-likeness (QED) is 0.761. The minimum absolute atomic E-state index is 0.618. The van der Waals surface area contributed by atoms with Gasteiger partial charge in [-0.2, -0.15) is 0 Å². The molecule has 3 heteroatoms. The minimum atomic E-state index is -2.45. The first-order valence-corrected chi connectivity index (χ1v) is 7.18. The van der Waals surface area contributed by atoms with E-state index in [0.29, 0.717) is 6.16 Å². The molecule has 0 spiro atoms. The largest absolute Gasteiger partial charge is 0.332 e. The van der Waals surface area contributed by atoms with Crippen LogP contribution in [0.1, 0.15) is 5.56 Å². The van der Waals surface area contributed by atoms with E-state index < -0.39 is 7.29 Å². The molecule has 1 aliphatic heterocycles. The van der Waals surface area contributed by atoms with Gasteiger partial charge in [-0.3, -0.25) is 4.57 Å². The van der Waals surface area contributed by atoms with Crippen LogP contribution in [0.5, 0.6) is 0 Å². The van der Waals surface area contributed by atoms with Gasteiger partial charge in [0.15, 0.2) is 0 Å². The van der Waals surface area contributed by atoms with E-state index in [1.165, 1.54) is 0 Å². The molecule has 0 amide bonds. The van der Waals surface area contributed by atoms with Crippen LogP contribution in [0.3, 0.4) is 0 Å². The molecule has 0 fully saturated rings. The fraction of sp³-hybridized carbons (Fsp3) is 0.0769. The summed E-state index contributed by atoms with van der Waals surface area (Å²) in [7, 11) is -2.45. The Morgan fingerprint density at radius 2 is 1.62 bits per heavy atom. The van der Waals surface area contributed by atoms with Crippen LogP contribution in [0.2, 0.25) is 0 Å². The molecule has 0 saturated carbocycles. The van der Waals surface area contributed by atoms with Gasteiger partial charge < -0.3 is 5.09 Å². The zero-order valence-corrected chi connectivity index (χ0v) is 9.65. The second kappa shape index (κ2) is 3.50. The van der Waals surface area contributed by atoms with E-state index in [9.17, 15) is 4.57 Å². The van der Waals surface area contributed by atoms with Crippen molar-refractivity contribution in [3.8, 4) is 0 Å². The fourth-order valence-corrected chi connectivity index (χ4v) is 4.47. The van der Waals surface area contributed by atoms with Gasteiger partial charge in [-0.05, 0) is 23.8 Å². The molecule has 0 bridgehead atoms. The lowest BCUT2D eigenvalue weighted by Gasteiger charge is -2.12. The molecule has 1 aliphatic rings. The molecule has 1 unspecified atom stereocenters. The number of nitrogens with one attached hydrogen (secondary N) is 1. The number of benzene rings is 2. The third kappa shape index (κ3) is 1.46. The molecule has 16 heavy (non-hydrogen) atoms. The molecule has 3 rings (SSSR count). The topological polar surface area (TPSA) is 29.1 Å². The molecule has 0 aliphatic carbocycles. The Hall–Kier alpha value is -1.53. The van der Waals surface area contributed by atoms with Gasteiger partial charge in [0, 0.05) is 11.0 Å². The number of rotatable bonds is 1. The first kappa shape index (κ1) is 9.68. The van der Waals surface area contributed by atoms with E-state index in [1.807, 2.05) is 54.6 Å². The summed E-state index contributed by atoms with van der Waals surface area (Å²) in [6.45, 7) is 0. The summed E-state index contributed by atoms with van der Waals surface area (Å²) in [6, 6.07) is 17.6. The van der Waals surface area contributed by atoms with Crippen LogP contribution >= 0.6 is 7.29 Å². The van der Waals surface area contributed by atoms with Crippen molar-refractivity contribution in [2.45, 2.75) is 6.16 Å². The van der Waals surface area contributed by atoms with Crippen LogP contribution in [0, 0.1) is 0 Å². The maximum absolute atomic E-state index is 12.8. The highest BCUT2D eigenvalue weighted by molar-refractivity contribution is 7.72. The van der Waals surface area contributed by atoms with Gasteiger partial charge in [0.1, 0.15) is 0 Å². The Labute approximate surface area is 94.7 Å². The molecule has 2 nitrogen and oxygen atoms in total. The highest BCUT2D eigenvalue weighted by atomic mass is 31.2. The SMILES string of the molecule is O=P1(c2ccccc2)Cc2ccccc2N1. The number of anilines is 1. The summed E-state index contributed by atoms with van der Waals surface area (Å²) < 4.78 is 12.8. The lowest BCUT2D eigenvalue weighted by atomic mass is 10.2. The molecule has 1 N–H and O–H groups in total. The summed E-state index contributed by atoms with van der Waals surface area (Å²) in [4.78, 5) is 0. The Morgan fingerprint density at radius 1 is 0.938 bits per heavy atom. The van der Waals surface area contributed by atoms with Gasteiger partial charge in [-0.15, -0.1) is 0 Å². The highest BCUT2D eigenvalue weighted by Crippen LogP contribution is 2.54. The van der Waals surface area contributed by atoms with Crippen molar-refractivity contribution < 1.29 is 4.57 Å². The van der Waals surface area contributed by atoms with Crippen molar-refractivity contribution in [1.29, 1.82) is 0 Å². The van der Waals surface area contributed by atoms with Crippen LogP contribution < -0.4 is 10.4 Å². The van der Waals surface area contributed by atoms with Crippen LogP contribution in [0.4, 0.5) is 5.69 Å². The number of fused-ring (bicyclic) bond motifs is 1. The molecule has 2 aromatic rings. The maximum Gasteiger partial charge on any atom is 0.202 e. The second-order valence-corrected chi connectivity index (χ2v) is 6.54. The van der Waals surface area contributed by atoms with Crippen molar-refractivity contribution in [2.24, 2.45) is 0 Å². The van der Waals surface area contributed by atoms with Gasteiger partial charge in [0.05, 0.1) is 6.16 Å². The summed E-state index contributed by atoms with van der Waals surface area (Å²) in [5, 5.41) is 4.09. The van der Waals surface area contributed by atoms with Gasteiger partial charge in [-0.25, -0.2) is 0 Å². The van der Waals surface area contributed by atoms with Gasteiger partial charge in [0.25, 0.3) is 0 Å². The van der Waals surface area contributed by atoms with E-state index >= 15 is 0 Å². The predicted molar refractivity (Wildman–Crippen MR) is 67.5 cm³/mol. The Morgan fingerprint density at radius 3 is 2.38 bits per heavy atom. The lowest BCUT2D eigenvalue weighted by molar-refractivity contribution is 0.585. The first-order valence-electron chi connectivity index (χ1n) is 5.29. The molecule has 1 heterocycles. The standard InChI is InChI=1S/C13H12NOP/c15-16(12-7-2-1-3-8-12)10-11-6-4-5-9-13(11)14-16/h1-9H,10H2,(H,14,15). The third-order valence-corrected chi connectivity index (χ3v) is 5.41. The summed E-state index contributed by atoms with van der Waals surface area (Å²) in [5.74, 6) is 0. The average molecular weight is 229 g/mol. The third-order valence-electron chi connectivity index (χ3n) is 2.88. The summed E-state index contributed by atoms with van der Waals surface area (Å²) >= 11 is 0. The fourth-order valence-electron chi connectivity index (χ4n) is 2.07. The van der Waals surface area contributed by atoms with Crippen LogP contribution in [-0.2, 0) is 10.7 Å². The van der Waals surface area contributed by atoms with Gasteiger partial charge in [0.2, 0.25) is 7.29 Å². The number of para-hydroxylation sites is 1. The first-order chi connectivity index (χ1) is 7.78. The molecular formula is C13H12NOP. The van der Waals surface area contributed by atoms with E-state index in [4.69, 9.17) is 0 Å². The van der Waals surface area contributed by atoms with Gasteiger partial charge >= 0.3 is 0 Å². The molecule has 0 radical (unpaired) electrons. The number of hydrogen-bond donors (Lipinski definition) is 1. The zero-order chi connectivity index (χ0) is 11.0. The molecule has 1 atom stereocenters. The van der Waals surface area contributed by atoms with Crippen LogP contribution in [0.15, 0.2) is 54.6 Å². The second-order valence-electron chi connectivity index (χ2n) is 4.00. The normalized spacial score (nSPS) is 22.5. The Bertz CT molecular complexity index is 536. The Kier molecular flexibility index (Phi) is 2.12. The smallest absolute Gasteiger partial charge is 0.202 e. The molecular weight excluding hydrogens is 217 g/mol. The molecule has 80 valence electrons. The van der Waals surface area contributed by atoms with Crippen molar-refractivity contribution in [3.63, 3.8) is 0 Å². The highest BCUT2D eigenvalue weighted by Gasteiger charge is 2.32. The van der Waals surface area contributed by atoms with Crippen LogP contribution in [0.25, 0.3) is 0 Å².